The highest BCUT2D eigenvalue weighted by Crippen LogP contribution is 2.36. The predicted molar refractivity (Wildman–Crippen MR) is 88.9 cm³/mol. The molecule has 1 aliphatic heterocycles. The normalized spacial score (nSPS) is 19.2. The second kappa shape index (κ2) is 7.07. The van der Waals surface area contributed by atoms with E-state index < -0.39 is 29.8 Å². The van der Waals surface area contributed by atoms with Crippen molar-refractivity contribution in [1.29, 1.82) is 0 Å². The number of nitrogens with zero attached hydrogens (tertiary/aromatic N) is 3. The van der Waals surface area contributed by atoms with Crippen LogP contribution in [-0.2, 0) is 28.5 Å². The minimum absolute atomic E-state index is 0.0464. The molecule has 0 radical (unpaired) electrons. The van der Waals surface area contributed by atoms with Crippen LogP contribution in [0.25, 0.3) is 11.2 Å². The van der Waals surface area contributed by atoms with Crippen molar-refractivity contribution < 1.29 is 28.5 Å². The topological polar surface area (TPSA) is 161 Å². The first-order chi connectivity index (χ1) is 12.8. The standard InChI is InChI=1S/C15H17N5O7/c1-6(21)25-4-8-10(26-7(2)22)11(24-3)14(27-8)20-5-17-9-12(20)18-15(16)19-13(9)23/h5,11,14H,4H2,1-3H3,(H3,16,18,19,23)/t11?,14-/m1/s1. The van der Waals surface area contributed by atoms with Gasteiger partial charge in [0.05, 0.1) is 0 Å². The van der Waals surface area contributed by atoms with E-state index in [1.807, 2.05) is 0 Å². The van der Waals surface area contributed by atoms with Crippen LogP contribution in [0.1, 0.15) is 20.1 Å². The van der Waals surface area contributed by atoms with E-state index in [2.05, 4.69) is 15.0 Å². The number of nitrogens with one attached hydrogen (secondary N) is 1. The number of hydrogen-bond donors (Lipinski definition) is 2. The Balaban J connectivity index is 2.03. The number of aromatic amines is 1. The molecule has 0 spiro atoms. The van der Waals surface area contributed by atoms with E-state index in [4.69, 9.17) is 24.7 Å². The van der Waals surface area contributed by atoms with Crippen molar-refractivity contribution in [3.63, 3.8) is 0 Å². The van der Waals surface area contributed by atoms with Crippen LogP contribution in [0.2, 0.25) is 0 Å². The Morgan fingerprint density at radius 3 is 2.74 bits per heavy atom. The van der Waals surface area contributed by atoms with Crippen LogP contribution in [0.4, 0.5) is 5.95 Å². The van der Waals surface area contributed by atoms with Crippen molar-refractivity contribution in [2.75, 3.05) is 19.5 Å². The van der Waals surface area contributed by atoms with Gasteiger partial charge in [0.1, 0.15) is 6.33 Å². The maximum Gasteiger partial charge on any atom is 0.307 e. The number of H-pyrrole nitrogens is 1. The molecule has 0 saturated carbocycles. The maximum absolute atomic E-state index is 12.0. The summed E-state index contributed by atoms with van der Waals surface area (Å²) in [6.45, 7) is 2.18. The van der Waals surface area contributed by atoms with E-state index in [9.17, 15) is 14.4 Å². The third kappa shape index (κ3) is 3.46. The Morgan fingerprint density at radius 2 is 2.11 bits per heavy atom. The molecule has 0 aliphatic carbocycles. The minimum atomic E-state index is -0.923. The van der Waals surface area contributed by atoms with Gasteiger partial charge in [0.2, 0.25) is 12.2 Å². The lowest BCUT2D eigenvalue weighted by Gasteiger charge is -2.20. The zero-order valence-electron chi connectivity index (χ0n) is 14.7. The smallest absolute Gasteiger partial charge is 0.307 e. The number of carbonyl (C=O) groups is 2. The number of aromatic nitrogens is 4. The summed E-state index contributed by atoms with van der Waals surface area (Å²) in [5, 5.41) is 0. The molecule has 144 valence electrons. The van der Waals surface area contributed by atoms with Crippen molar-refractivity contribution in [3.8, 4) is 0 Å². The molecule has 3 rings (SSSR count). The number of carbonyl (C=O) groups excluding carboxylic acids is 2. The van der Waals surface area contributed by atoms with Crippen LogP contribution < -0.4 is 11.3 Å². The predicted octanol–water partition coefficient (Wildman–Crippen LogP) is -0.417. The van der Waals surface area contributed by atoms with E-state index in [1.54, 1.807) is 0 Å². The van der Waals surface area contributed by atoms with Crippen molar-refractivity contribution in [2.24, 2.45) is 0 Å². The number of rotatable bonds is 5. The summed E-state index contributed by atoms with van der Waals surface area (Å²) < 4.78 is 22.8. The molecule has 3 heterocycles. The Bertz CT molecular complexity index is 992. The Hall–Kier alpha value is -3.41. The van der Waals surface area contributed by atoms with Crippen LogP contribution in [-0.4, -0.2) is 51.3 Å². The van der Waals surface area contributed by atoms with Crippen LogP contribution in [0.15, 0.2) is 22.6 Å². The van der Waals surface area contributed by atoms with E-state index in [0.717, 1.165) is 0 Å². The molecule has 0 fully saturated rings. The van der Waals surface area contributed by atoms with Gasteiger partial charge in [0, 0.05) is 21.0 Å². The molecule has 2 aromatic rings. The van der Waals surface area contributed by atoms with Crippen LogP contribution in [0.5, 0.6) is 0 Å². The Labute approximate surface area is 151 Å². The number of fused-ring (bicyclic) bond motifs is 1. The van der Waals surface area contributed by atoms with Crippen LogP contribution >= 0.6 is 0 Å². The monoisotopic (exact) mass is 379 g/mol. The molecule has 0 bridgehead atoms. The summed E-state index contributed by atoms with van der Waals surface area (Å²) in [5.41, 5.74) is 5.28. The molecule has 0 amide bonds. The van der Waals surface area contributed by atoms with Gasteiger partial charge in [-0.05, 0) is 0 Å². The molecule has 2 aromatic heterocycles. The number of hydrogen-bond acceptors (Lipinski definition) is 10. The molecule has 2 atom stereocenters. The highest BCUT2D eigenvalue weighted by molar-refractivity contribution is 5.71. The highest BCUT2D eigenvalue weighted by atomic mass is 16.6. The molecule has 12 nitrogen and oxygen atoms in total. The summed E-state index contributed by atoms with van der Waals surface area (Å²) in [6, 6.07) is 0. The Morgan fingerprint density at radius 1 is 1.37 bits per heavy atom. The largest absolute Gasteiger partial charge is 0.464 e. The lowest BCUT2D eigenvalue weighted by molar-refractivity contribution is -0.141. The zero-order valence-corrected chi connectivity index (χ0v) is 14.7. The number of nitrogen functional groups attached to an aromatic ring is 1. The molecule has 27 heavy (non-hydrogen) atoms. The number of esters is 2. The first-order valence-corrected chi connectivity index (χ1v) is 7.78. The molecule has 0 saturated heterocycles. The minimum Gasteiger partial charge on any atom is -0.464 e. The summed E-state index contributed by atoms with van der Waals surface area (Å²) in [6.07, 6.45) is -0.490. The van der Waals surface area contributed by atoms with E-state index in [1.165, 1.54) is 31.9 Å². The fourth-order valence-corrected chi connectivity index (χ4v) is 2.65. The number of ether oxygens (including phenoxy) is 4. The first-order valence-electron chi connectivity index (χ1n) is 7.78. The van der Waals surface area contributed by atoms with Gasteiger partial charge >= 0.3 is 11.9 Å². The third-order valence-corrected chi connectivity index (χ3v) is 3.69. The molecule has 12 heteroatoms. The lowest BCUT2D eigenvalue weighted by Crippen LogP contribution is -2.26. The molecular weight excluding hydrogens is 362 g/mol. The van der Waals surface area contributed by atoms with Crippen molar-refractivity contribution in [1.82, 2.24) is 19.5 Å². The van der Waals surface area contributed by atoms with Gasteiger partial charge in [-0.15, -0.1) is 0 Å². The van der Waals surface area contributed by atoms with E-state index >= 15 is 0 Å². The Kier molecular flexibility index (Phi) is 4.81. The second-order valence-corrected chi connectivity index (χ2v) is 5.60. The molecule has 3 N–H and O–H groups in total. The maximum atomic E-state index is 12.0. The van der Waals surface area contributed by atoms with Gasteiger partial charge in [-0.2, -0.15) is 4.98 Å². The average molecular weight is 379 g/mol. The summed E-state index contributed by atoms with van der Waals surface area (Å²) in [5.74, 6) is -1.10. The van der Waals surface area contributed by atoms with Gasteiger partial charge in [-0.25, -0.2) is 4.98 Å². The first kappa shape index (κ1) is 18.4. The van der Waals surface area contributed by atoms with Gasteiger partial charge in [-0.3, -0.25) is 23.9 Å². The molecular formula is C15H17N5O7. The van der Waals surface area contributed by atoms with Crippen molar-refractivity contribution in [2.45, 2.75) is 26.2 Å². The van der Waals surface area contributed by atoms with Gasteiger partial charge < -0.3 is 24.7 Å². The number of imidazole rings is 1. The third-order valence-electron chi connectivity index (χ3n) is 3.69. The second-order valence-electron chi connectivity index (χ2n) is 5.60. The zero-order chi connectivity index (χ0) is 19.7. The van der Waals surface area contributed by atoms with Gasteiger partial charge in [-0.1, -0.05) is 0 Å². The fourth-order valence-electron chi connectivity index (χ4n) is 2.65. The van der Waals surface area contributed by atoms with Crippen LogP contribution in [0.3, 0.4) is 0 Å². The summed E-state index contributed by atoms with van der Waals surface area (Å²) in [7, 11) is 1.38. The van der Waals surface area contributed by atoms with Gasteiger partial charge in [0.15, 0.2) is 35.4 Å². The fraction of sp³-hybridized carbons (Fsp3) is 0.400. The summed E-state index contributed by atoms with van der Waals surface area (Å²) in [4.78, 5) is 45.0. The average Bonchev–Trinajstić information content (AvgIpc) is 3.13. The number of nitrogens with two attached hydrogens (primary N) is 1. The van der Waals surface area contributed by atoms with E-state index in [-0.39, 0.29) is 35.2 Å². The SMILES string of the molecule is COC1C(OC(C)=O)=C(COC(C)=O)O[C@H]1n1cnc2c(=O)[nH]c(N)nc21. The number of methoxy groups -OCH3 is 1. The highest BCUT2D eigenvalue weighted by Gasteiger charge is 2.42. The van der Waals surface area contributed by atoms with Crippen molar-refractivity contribution in [3.05, 3.63) is 28.2 Å². The van der Waals surface area contributed by atoms with Crippen molar-refractivity contribution >= 4 is 29.1 Å². The molecule has 0 aromatic carbocycles. The lowest BCUT2D eigenvalue weighted by atomic mass is 10.2. The molecule has 1 unspecified atom stereocenters. The van der Waals surface area contributed by atoms with Gasteiger partial charge in [0.25, 0.3) is 5.56 Å². The van der Waals surface area contributed by atoms with E-state index in [0.29, 0.717) is 0 Å². The summed E-state index contributed by atoms with van der Waals surface area (Å²) >= 11 is 0. The quantitative estimate of drug-likeness (QED) is 0.653. The molecule has 1 aliphatic rings. The van der Waals surface area contributed by atoms with Crippen LogP contribution in [0, 0.1) is 0 Å². The number of anilines is 1.